The molecule has 0 unspecified atom stereocenters. The van der Waals surface area contributed by atoms with Gasteiger partial charge in [-0.15, -0.1) is 0 Å². The van der Waals surface area contributed by atoms with Gasteiger partial charge in [-0.1, -0.05) is 12.1 Å². The van der Waals surface area contributed by atoms with E-state index in [9.17, 15) is 14.9 Å². The van der Waals surface area contributed by atoms with Crippen LogP contribution in [0, 0.1) is 10.1 Å². The van der Waals surface area contributed by atoms with Gasteiger partial charge in [-0.2, -0.15) is 0 Å². The van der Waals surface area contributed by atoms with Gasteiger partial charge in [-0.25, -0.2) is 9.97 Å². The second kappa shape index (κ2) is 4.57. The molecule has 0 atom stereocenters. The van der Waals surface area contributed by atoms with E-state index in [1.165, 1.54) is 18.3 Å². The van der Waals surface area contributed by atoms with Crippen LogP contribution >= 0.6 is 0 Å². The number of fused-ring (bicyclic) bond motifs is 1. The number of nitro groups is 1. The summed E-state index contributed by atoms with van der Waals surface area (Å²) in [6, 6.07) is 5.95. The Morgan fingerprint density at radius 2 is 2.25 bits per heavy atom. The molecule has 2 aromatic rings. The second-order valence-corrected chi connectivity index (χ2v) is 4.05. The van der Waals surface area contributed by atoms with Crippen LogP contribution in [0.5, 0.6) is 5.75 Å². The first-order chi connectivity index (χ1) is 9.63. The summed E-state index contributed by atoms with van der Waals surface area (Å²) >= 11 is 0. The van der Waals surface area contributed by atoms with Crippen LogP contribution in [0.2, 0.25) is 0 Å². The number of nitrogens with zero attached hydrogens (tertiary/aromatic N) is 3. The molecule has 1 aliphatic heterocycles. The zero-order valence-corrected chi connectivity index (χ0v) is 10.1. The maximum atomic E-state index is 11.2. The van der Waals surface area contributed by atoms with Crippen molar-refractivity contribution in [3.8, 4) is 17.1 Å². The van der Waals surface area contributed by atoms with Crippen molar-refractivity contribution in [2.45, 2.75) is 0 Å². The van der Waals surface area contributed by atoms with Crippen molar-refractivity contribution >= 4 is 17.4 Å². The van der Waals surface area contributed by atoms with E-state index in [2.05, 4.69) is 15.3 Å². The molecular formula is C12H8N4O4. The number of ether oxygens (including phenoxy) is 1. The van der Waals surface area contributed by atoms with Crippen LogP contribution in [-0.2, 0) is 4.79 Å². The number of hydrogen-bond acceptors (Lipinski definition) is 6. The summed E-state index contributed by atoms with van der Waals surface area (Å²) < 4.78 is 5.14. The molecule has 1 amide bonds. The van der Waals surface area contributed by atoms with Crippen LogP contribution in [0.3, 0.4) is 0 Å². The molecule has 8 nitrogen and oxygen atoms in total. The summed E-state index contributed by atoms with van der Waals surface area (Å²) in [5.41, 5.74) is 0.436. The number of hydrogen-bond donors (Lipinski definition) is 1. The van der Waals surface area contributed by atoms with Crippen molar-refractivity contribution < 1.29 is 14.5 Å². The molecular weight excluding hydrogens is 264 g/mol. The summed E-state index contributed by atoms with van der Waals surface area (Å²) in [6.45, 7) is -0.0769. The fourth-order valence-electron chi connectivity index (χ4n) is 1.78. The van der Waals surface area contributed by atoms with Crippen molar-refractivity contribution in [1.29, 1.82) is 0 Å². The Balaban J connectivity index is 2.02. The van der Waals surface area contributed by atoms with Crippen LogP contribution in [-0.4, -0.2) is 27.4 Å². The van der Waals surface area contributed by atoms with Crippen LogP contribution < -0.4 is 10.1 Å². The summed E-state index contributed by atoms with van der Waals surface area (Å²) in [4.78, 5) is 29.7. The van der Waals surface area contributed by atoms with Gasteiger partial charge in [0.1, 0.15) is 0 Å². The number of aromatic nitrogens is 2. The zero-order valence-electron chi connectivity index (χ0n) is 10.1. The number of non-ortho nitro benzene ring substituents is 1. The maximum absolute atomic E-state index is 11.2. The van der Waals surface area contributed by atoms with Crippen molar-refractivity contribution in [3.05, 3.63) is 40.6 Å². The van der Waals surface area contributed by atoms with Crippen LogP contribution in [0.4, 0.5) is 11.5 Å². The van der Waals surface area contributed by atoms with Gasteiger partial charge in [0.05, 0.1) is 11.1 Å². The Bertz CT molecular complexity index is 716. The SMILES string of the molecule is O=C1COc2cnc(-c3cccc([N+](=O)[O-])c3)nc2N1. The van der Waals surface area contributed by atoms with Gasteiger partial charge in [0, 0.05) is 17.7 Å². The summed E-state index contributed by atoms with van der Waals surface area (Å²) in [5.74, 6) is 0.607. The van der Waals surface area contributed by atoms with Crippen LogP contribution in [0.1, 0.15) is 0 Å². The number of nitro benzene ring substituents is 1. The zero-order chi connectivity index (χ0) is 14.1. The Kier molecular flexibility index (Phi) is 2.75. The standard InChI is InChI=1S/C12H8N4O4/c17-10-6-20-9-5-13-11(15-12(9)14-10)7-2-1-3-8(4-7)16(18)19/h1-5H,6H2,(H,13,14,15,17). The van der Waals surface area contributed by atoms with Crippen LogP contribution in [0.15, 0.2) is 30.5 Å². The highest BCUT2D eigenvalue weighted by Crippen LogP contribution is 2.28. The summed E-state index contributed by atoms with van der Waals surface area (Å²) in [7, 11) is 0. The number of nitrogens with one attached hydrogen (secondary N) is 1. The first-order valence-electron chi connectivity index (χ1n) is 5.68. The van der Waals surface area contributed by atoms with Gasteiger partial charge in [0.15, 0.2) is 24.0 Å². The number of anilines is 1. The molecule has 0 saturated carbocycles. The molecule has 1 aliphatic rings. The molecule has 100 valence electrons. The highest BCUT2D eigenvalue weighted by atomic mass is 16.6. The molecule has 0 spiro atoms. The third-order valence-corrected chi connectivity index (χ3v) is 2.69. The Morgan fingerprint density at radius 3 is 3.05 bits per heavy atom. The Morgan fingerprint density at radius 1 is 1.40 bits per heavy atom. The minimum absolute atomic E-state index is 0.0518. The molecule has 1 aromatic heterocycles. The Labute approximate surface area is 112 Å². The largest absolute Gasteiger partial charge is 0.478 e. The number of carbonyl (C=O) groups is 1. The summed E-state index contributed by atoms with van der Waals surface area (Å²) in [6.07, 6.45) is 1.43. The van der Waals surface area contributed by atoms with Crippen molar-refractivity contribution in [2.75, 3.05) is 11.9 Å². The van der Waals surface area contributed by atoms with E-state index in [4.69, 9.17) is 4.74 Å². The molecule has 0 bridgehead atoms. The molecule has 0 aliphatic carbocycles. The minimum atomic E-state index is -0.493. The van der Waals surface area contributed by atoms with E-state index in [1.54, 1.807) is 12.1 Å². The molecule has 0 fully saturated rings. The monoisotopic (exact) mass is 272 g/mol. The van der Waals surface area contributed by atoms with Crippen LogP contribution in [0.25, 0.3) is 11.4 Å². The molecule has 2 heterocycles. The quantitative estimate of drug-likeness (QED) is 0.653. The predicted molar refractivity (Wildman–Crippen MR) is 68.2 cm³/mol. The van der Waals surface area contributed by atoms with Gasteiger partial charge in [-0.05, 0) is 0 Å². The van der Waals surface area contributed by atoms with Crippen molar-refractivity contribution in [2.24, 2.45) is 0 Å². The van der Waals surface area contributed by atoms with E-state index in [0.29, 0.717) is 11.3 Å². The van der Waals surface area contributed by atoms with E-state index >= 15 is 0 Å². The topological polar surface area (TPSA) is 107 Å². The van der Waals surface area contributed by atoms with E-state index in [0.717, 1.165) is 0 Å². The normalized spacial score (nSPS) is 13.1. The third-order valence-electron chi connectivity index (χ3n) is 2.69. The lowest BCUT2D eigenvalue weighted by molar-refractivity contribution is -0.384. The number of rotatable bonds is 2. The lowest BCUT2D eigenvalue weighted by Crippen LogP contribution is -2.26. The first-order valence-corrected chi connectivity index (χ1v) is 5.68. The summed E-state index contributed by atoms with van der Waals surface area (Å²) in [5, 5.41) is 13.3. The lowest BCUT2D eigenvalue weighted by atomic mass is 10.2. The highest BCUT2D eigenvalue weighted by molar-refractivity contribution is 5.94. The average Bonchev–Trinajstić information content (AvgIpc) is 2.46. The molecule has 0 radical (unpaired) electrons. The molecule has 0 saturated heterocycles. The van der Waals surface area contributed by atoms with Gasteiger partial charge >= 0.3 is 0 Å². The number of amides is 1. The lowest BCUT2D eigenvalue weighted by Gasteiger charge is -2.16. The first kappa shape index (κ1) is 12.0. The van der Waals surface area contributed by atoms with E-state index in [-0.39, 0.29) is 29.8 Å². The predicted octanol–water partition coefficient (Wildman–Crippen LogP) is 1.38. The van der Waals surface area contributed by atoms with Gasteiger partial charge < -0.3 is 10.1 Å². The highest BCUT2D eigenvalue weighted by Gasteiger charge is 2.19. The minimum Gasteiger partial charge on any atom is -0.478 e. The molecule has 20 heavy (non-hydrogen) atoms. The Hall–Kier alpha value is -3.03. The number of benzene rings is 1. The smallest absolute Gasteiger partial charge is 0.270 e. The molecule has 8 heteroatoms. The third kappa shape index (κ3) is 2.14. The fraction of sp³-hybridized carbons (Fsp3) is 0.0833. The van der Waals surface area contributed by atoms with E-state index in [1.807, 2.05) is 0 Å². The number of carbonyl (C=O) groups excluding carboxylic acids is 1. The van der Waals surface area contributed by atoms with Gasteiger partial charge in [-0.3, -0.25) is 14.9 Å². The molecule has 1 N–H and O–H groups in total. The second-order valence-electron chi connectivity index (χ2n) is 4.05. The van der Waals surface area contributed by atoms with E-state index < -0.39 is 4.92 Å². The van der Waals surface area contributed by atoms with Crippen molar-refractivity contribution in [3.63, 3.8) is 0 Å². The molecule has 3 rings (SSSR count). The molecule has 1 aromatic carbocycles. The van der Waals surface area contributed by atoms with Crippen molar-refractivity contribution in [1.82, 2.24) is 9.97 Å². The fourth-order valence-corrected chi connectivity index (χ4v) is 1.78. The van der Waals surface area contributed by atoms with Gasteiger partial charge in [0.25, 0.3) is 11.6 Å². The average molecular weight is 272 g/mol. The maximum Gasteiger partial charge on any atom is 0.270 e. The van der Waals surface area contributed by atoms with Gasteiger partial charge in [0.2, 0.25) is 0 Å².